The molecule has 0 saturated carbocycles. The molecule has 0 N–H and O–H groups in total. The maximum absolute atomic E-state index is 13.0. The largest absolute Gasteiger partial charge is 0.497 e. The van der Waals surface area contributed by atoms with Gasteiger partial charge in [-0.1, -0.05) is 60.7 Å². The SMILES string of the molecule is COc1ccc(N2C(=O)[C@H](c3ccccc3)[C@@H]2c2ccccc2)cc1. The zero-order valence-electron chi connectivity index (χ0n) is 14.0. The molecule has 1 aliphatic rings. The fourth-order valence-corrected chi connectivity index (χ4v) is 3.50. The van der Waals surface area contributed by atoms with E-state index in [0.29, 0.717) is 0 Å². The third kappa shape index (κ3) is 2.68. The van der Waals surface area contributed by atoms with Gasteiger partial charge < -0.3 is 9.64 Å². The number of benzene rings is 3. The first-order chi connectivity index (χ1) is 12.3. The summed E-state index contributed by atoms with van der Waals surface area (Å²) in [4.78, 5) is 14.9. The van der Waals surface area contributed by atoms with Crippen LogP contribution in [0.3, 0.4) is 0 Å². The number of amides is 1. The molecular formula is C22H19NO2. The van der Waals surface area contributed by atoms with E-state index in [9.17, 15) is 4.79 Å². The van der Waals surface area contributed by atoms with Crippen LogP contribution >= 0.6 is 0 Å². The molecule has 2 atom stereocenters. The van der Waals surface area contributed by atoms with Gasteiger partial charge in [0.25, 0.3) is 0 Å². The molecule has 0 bridgehead atoms. The van der Waals surface area contributed by atoms with Crippen molar-refractivity contribution in [3.8, 4) is 5.75 Å². The number of carbonyl (C=O) groups excluding carboxylic acids is 1. The Morgan fingerprint density at radius 2 is 1.32 bits per heavy atom. The number of hydrogen-bond donors (Lipinski definition) is 0. The van der Waals surface area contributed by atoms with Crippen LogP contribution in [0.4, 0.5) is 5.69 Å². The molecule has 0 spiro atoms. The summed E-state index contributed by atoms with van der Waals surface area (Å²) in [7, 11) is 1.64. The molecule has 0 radical (unpaired) electrons. The van der Waals surface area contributed by atoms with Crippen molar-refractivity contribution in [1.29, 1.82) is 0 Å². The minimum Gasteiger partial charge on any atom is -0.497 e. The Morgan fingerprint density at radius 3 is 1.88 bits per heavy atom. The molecule has 0 unspecified atom stereocenters. The van der Waals surface area contributed by atoms with Gasteiger partial charge in [0.15, 0.2) is 0 Å². The average Bonchev–Trinajstić information content (AvgIpc) is 2.68. The Hall–Kier alpha value is -3.07. The third-order valence-electron chi connectivity index (χ3n) is 4.75. The van der Waals surface area contributed by atoms with Crippen LogP contribution in [0.25, 0.3) is 0 Å². The fourth-order valence-electron chi connectivity index (χ4n) is 3.50. The second-order valence-electron chi connectivity index (χ2n) is 6.15. The van der Waals surface area contributed by atoms with Crippen LogP contribution in [-0.2, 0) is 4.79 Å². The normalized spacial score (nSPS) is 19.4. The molecule has 1 saturated heterocycles. The second kappa shape index (κ2) is 6.44. The molecule has 1 fully saturated rings. The van der Waals surface area contributed by atoms with E-state index >= 15 is 0 Å². The van der Waals surface area contributed by atoms with Gasteiger partial charge in [0, 0.05) is 5.69 Å². The van der Waals surface area contributed by atoms with Gasteiger partial charge in [-0.3, -0.25) is 4.79 Å². The smallest absolute Gasteiger partial charge is 0.237 e. The number of ether oxygens (including phenoxy) is 1. The van der Waals surface area contributed by atoms with Crippen molar-refractivity contribution in [2.24, 2.45) is 0 Å². The molecule has 3 nitrogen and oxygen atoms in total. The van der Waals surface area contributed by atoms with Crippen LogP contribution in [0.2, 0.25) is 0 Å². The summed E-state index contributed by atoms with van der Waals surface area (Å²) in [6.45, 7) is 0. The number of methoxy groups -OCH3 is 1. The van der Waals surface area contributed by atoms with Crippen LogP contribution in [0.15, 0.2) is 84.9 Å². The first-order valence-electron chi connectivity index (χ1n) is 8.36. The topological polar surface area (TPSA) is 29.5 Å². The van der Waals surface area contributed by atoms with Gasteiger partial charge in [0.2, 0.25) is 5.91 Å². The zero-order valence-corrected chi connectivity index (χ0v) is 14.0. The fraction of sp³-hybridized carbons (Fsp3) is 0.136. The van der Waals surface area contributed by atoms with Gasteiger partial charge in [-0.15, -0.1) is 0 Å². The predicted molar refractivity (Wildman–Crippen MR) is 98.8 cm³/mol. The van der Waals surface area contributed by atoms with Gasteiger partial charge in [0.05, 0.1) is 19.1 Å². The van der Waals surface area contributed by atoms with Gasteiger partial charge >= 0.3 is 0 Å². The van der Waals surface area contributed by atoms with Gasteiger partial charge in [0.1, 0.15) is 5.75 Å². The molecule has 3 aromatic rings. The van der Waals surface area contributed by atoms with Gasteiger partial charge in [-0.05, 0) is 35.4 Å². The standard InChI is InChI=1S/C22H19NO2/c1-25-19-14-12-18(13-15-19)23-21(17-10-6-3-7-11-17)20(22(23)24)16-8-4-2-5-9-16/h2-15,20-21H,1H3/t20-,21+/m1/s1. The predicted octanol–water partition coefficient (Wildman–Crippen LogP) is 4.57. The van der Waals surface area contributed by atoms with E-state index < -0.39 is 0 Å². The Labute approximate surface area is 147 Å². The highest BCUT2D eigenvalue weighted by molar-refractivity contribution is 6.06. The Bertz CT molecular complexity index is 860. The first-order valence-corrected chi connectivity index (χ1v) is 8.36. The highest BCUT2D eigenvalue weighted by Crippen LogP contribution is 2.48. The van der Waals surface area contributed by atoms with Crippen LogP contribution < -0.4 is 9.64 Å². The van der Waals surface area contributed by atoms with Crippen molar-refractivity contribution in [3.05, 3.63) is 96.1 Å². The van der Waals surface area contributed by atoms with E-state index in [2.05, 4.69) is 12.1 Å². The molecule has 4 rings (SSSR count). The summed E-state index contributed by atoms with van der Waals surface area (Å²) in [5.41, 5.74) is 3.10. The van der Waals surface area contributed by atoms with Crippen molar-refractivity contribution >= 4 is 11.6 Å². The summed E-state index contributed by atoms with van der Waals surface area (Å²) >= 11 is 0. The number of rotatable bonds is 4. The minimum atomic E-state index is -0.147. The van der Waals surface area contributed by atoms with Crippen molar-refractivity contribution < 1.29 is 9.53 Å². The molecule has 1 amide bonds. The Kier molecular flexibility index (Phi) is 3.98. The van der Waals surface area contributed by atoms with Crippen LogP contribution in [0.1, 0.15) is 23.1 Å². The number of carbonyl (C=O) groups is 1. The summed E-state index contributed by atoms with van der Waals surface area (Å²) in [6.07, 6.45) is 0. The van der Waals surface area contributed by atoms with Gasteiger partial charge in [-0.2, -0.15) is 0 Å². The molecule has 0 aliphatic carbocycles. The highest BCUT2D eigenvalue weighted by Gasteiger charge is 2.49. The summed E-state index contributed by atoms with van der Waals surface area (Å²) in [5, 5.41) is 0. The quantitative estimate of drug-likeness (QED) is 0.656. The Morgan fingerprint density at radius 1 is 0.760 bits per heavy atom. The molecule has 0 aromatic heterocycles. The molecule has 124 valence electrons. The molecular weight excluding hydrogens is 310 g/mol. The first kappa shape index (κ1) is 15.5. The summed E-state index contributed by atoms with van der Waals surface area (Å²) < 4.78 is 5.23. The molecule has 25 heavy (non-hydrogen) atoms. The van der Waals surface area contributed by atoms with E-state index in [1.54, 1.807) is 7.11 Å². The van der Waals surface area contributed by atoms with E-state index in [-0.39, 0.29) is 17.9 Å². The monoisotopic (exact) mass is 329 g/mol. The van der Waals surface area contributed by atoms with Crippen molar-refractivity contribution in [2.45, 2.75) is 12.0 Å². The lowest BCUT2D eigenvalue weighted by atomic mass is 9.77. The minimum absolute atomic E-state index is 0.00416. The van der Waals surface area contributed by atoms with Crippen molar-refractivity contribution in [1.82, 2.24) is 0 Å². The summed E-state index contributed by atoms with van der Waals surface area (Å²) in [5.74, 6) is 0.767. The lowest BCUT2D eigenvalue weighted by molar-refractivity contribution is -0.126. The average molecular weight is 329 g/mol. The molecule has 3 aromatic carbocycles. The van der Waals surface area contributed by atoms with E-state index in [4.69, 9.17) is 4.74 Å². The van der Waals surface area contributed by atoms with Crippen molar-refractivity contribution in [2.75, 3.05) is 12.0 Å². The van der Waals surface area contributed by atoms with Crippen LogP contribution in [0.5, 0.6) is 5.75 Å². The van der Waals surface area contributed by atoms with Gasteiger partial charge in [-0.25, -0.2) is 0 Å². The van der Waals surface area contributed by atoms with Crippen LogP contribution in [-0.4, -0.2) is 13.0 Å². The number of anilines is 1. The maximum Gasteiger partial charge on any atom is 0.237 e. The maximum atomic E-state index is 13.0. The highest BCUT2D eigenvalue weighted by atomic mass is 16.5. The number of β-lactam (4-membered cyclic amide) rings is 1. The lowest BCUT2D eigenvalue weighted by Crippen LogP contribution is -2.53. The lowest BCUT2D eigenvalue weighted by Gasteiger charge is -2.47. The van der Waals surface area contributed by atoms with Crippen molar-refractivity contribution in [3.63, 3.8) is 0 Å². The second-order valence-corrected chi connectivity index (χ2v) is 6.15. The number of nitrogens with zero attached hydrogens (tertiary/aromatic N) is 1. The summed E-state index contributed by atoms with van der Waals surface area (Å²) in [6, 6.07) is 27.9. The zero-order chi connectivity index (χ0) is 17.2. The molecule has 1 heterocycles. The van der Waals surface area contributed by atoms with E-state index in [1.165, 1.54) is 0 Å². The Balaban J connectivity index is 1.74. The third-order valence-corrected chi connectivity index (χ3v) is 4.75. The van der Waals surface area contributed by atoms with E-state index in [1.807, 2.05) is 77.7 Å². The molecule has 1 aliphatic heterocycles. The number of hydrogen-bond acceptors (Lipinski definition) is 2. The van der Waals surface area contributed by atoms with E-state index in [0.717, 1.165) is 22.6 Å². The molecule has 3 heteroatoms. The van der Waals surface area contributed by atoms with Crippen LogP contribution in [0, 0.1) is 0 Å².